The molecule has 1 aromatic carbocycles. The van der Waals surface area contributed by atoms with Crippen LogP contribution in [0.4, 0.5) is 0 Å². The smallest absolute Gasteiger partial charge is 0.243 e. The predicted octanol–water partition coefficient (Wildman–Crippen LogP) is 1.49. The van der Waals surface area contributed by atoms with Crippen molar-refractivity contribution >= 4 is 27.5 Å². The predicted molar refractivity (Wildman–Crippen MR) is 77.0 cm³/mol. The van der Waals surface area contributed by atoms with E-state index in [0.29, 0.717) is 11.6 Å². The zero-order valence-corrected chi connectivity index (χ0v) is 12.9. The fraction of sp³-hybridized carbons (Fsp3) is 0.462. The molecule has 7 heteroatoms. The Morgan fingerprint density at radius 2 is 1.90 bits per heavy atom. The molecule has 5 nitrogen and oxygen atoms in total. The monoisotopic (exact) mass is 316 g/mol. The summed E-state index contributed by atoms with van der Waals surface area (Å²) in [4.78, 5) is 12.1. The van der Waals surface area contributed by atoms with Crippen molar-refractivity contribution in [2.24, 2.45) is 5.92 Å². The average molecular weight is 317 g/mol. The Hall–Kier alpha value is -1.11. The van der Waals surface area contributed by atoms with Crippen LogP contribution in [0.5, 0.6) is 0 Å². The Bertz CT molecular complexity index is 599. The van der Waals surface area contributed by atoms with E-state index in [1.807, 2.05) is 13.8 Å². The summed E-state index contributed by atoms with van der Waals surface area (Å²) in [5, 5.41) is 3.18. The van der Waals surface area contributed by atoms with Gasteiger partial charge in [-0.15, -0.1) is 0 Å². The first kappa shape index (κ1) is 15.3. The summed E-state index contributed by atoms with van der Waals surface area (Å²) >= 11 is 5.78. The third-order valence-corrected chi connectivity index (χ3v) is 5.41. The van der Waals surface area contributed by atoms with Crippen molar-refractivity contribution in [2.45, 2.75) is 24.8 Å². The van der Waals surface area contributed by atoms with E-state index in [0.717, 1.165) is 0 Å². The standard InChI is InChI=1S/C13H17ClN2O3S/c1-9(2)12-13(17)15-7-8-16(12)20(18,19)11-5-3-10(14)4-6-11/h3-6,9,12H,7-8H2,1-2H3,(H,15,17). The fourth-order valence-corrected chi connectivity index (χ4v) is 4.16. The number of amides is 1. The number of benzene rings is 1. The Morgan fingerprint density at radius 1 is 1.30 bits per heavy atom. The van der Waals surface area contributed by atoms with Gasteiger partial charge in [0.05, 0.1) is 4.90 Å². The van der Waals surface area contributed by atoms with Crippen molar-refractivity contribution in [3.05, 3.63) is 29.3 Å². The Balaban J connectivity index is 2.41. The SMILES string of the molecule is CC(C)C1C(=O)NCCN1S(=O)(=O)c1ccc(Cl)cc1. The van der Waals surface area contributed by atoms with Gasteiger partial charge in [0.15, 0.2) is 0 Å². The molecule has 0 spiro atoms. The minimum Gasteiger partial charge on any atom is -0.353 e. The van der Waals surface area contributed by atoms with Gasteiger partial charge in [-0.3, -0.25) is 4.79 Å². The number of carbonyl (C=O) groups excluding carboxylic acids is 1. The first-order chi connectivity index (χ1) is 9.34. The van der Waals surface area contributed by atoms with Crippen molar-refractivity contribution in [3.63, 3.8) is 0 Å². The molecular weight excluding hydrogens is 300 g/mol. The molecule has 0 aromatic heterocycles. The molecule has 110 valence electrons. The molecule has 1 heterocycles. The van der Waals surface area contributed by atoms with Gasteiger partial charge >= 0.3 is 0 Å². The minimum absolute atomic E-state index is 0.0997. The topological polar surface area (TPSA) is 66.5 Å². The van der Waals surface area contributed by atoms with Crippen LogP contribution in [0, 0.1) is 5.92 Å². The Labute approximate surface area is 124 Å². The highest BCUT2D eigenvalue weighted by atomic mass is 35.5. The summed E-state index contributed by atoms with van der Waals surface area (Å²) in [6.45, 7) is 4.27. The van der Waals surface area contributed by atoms with Gasteiger partial charge in [-0.05, 0) is 30.2 Å². The van der Waals surface area contributed by atoms with E-state index >= 15 is 0 Å². The second-order valence-corrected chi connectivity index (χ2v) is 7.38. The average Bonchev–Trinajstić information content (AvgIpc) is 2.38. The van der Waals surface area contributed by atoms with E-state index in [-0.39, 0.29) is 23.3 Å². The molecule has 0 radical (unpaired) electrons. The third-order valence-electron chi connectivity index (χ3n) is 3.26. The molecule has 1 N–H and O–H groups in total. The molecule has 0 bridgehead atoms. The number of carbonyl (C=O) groups is 1. The number of piperazine rings is 1. The van der Waals surface area contributed by atoms with E-state index in [9.17, 15) is 13.2 Å². The summed E-state index contributed by atoms with van der Waals surface area (Å²) < 4.78 is 26.6. The number of sulfonamides is 1. The van der Waals surface area contributed by atoms with Crippen LogP contribution in [-0.4, -0.2) is 37.8 Å². The van der Waals surface area contributed by atoms with E-state index < -0.39 is 16.1 Å². The van der Waals surface area contributed by atoms with Crippen LogP contribution in [-0.2, 0) is 14.8 Å². The second-order valence-electron chi connectivity index (χ2n) is 5.05. The van der Waals surface area contributed by atoms with E-state index in [1.54, 1.807) is 0 Å². The number of nitrogens with zero attached hydrogens (tertiary/aromatic N) is 1. The van der Waals surface area contributed by atoms with Crippen molar-refractivity contribution in [2.75, 3.05) is 13.1 Å². The van der Waals surface area contributed by atoms with Crippen LogP contribution in [0.15, 0.2) is 29.2 Å². The van der Waals surface area contributed by atoms with Gasteiger partial charge in [0.25, 0.3) is 0 Å². The molecule has 0 aliphatic carbocycles. The van der Waals surface area contributed by atoms with Gasteiger partial charge < -0.3 is 5.32 Å². The normalized spacial score (nSPS) is 21.0. The number of hydrogen-bond donors (Lipinski definition) is 1. The maximum absolute atomic E-state index is 12.7. The van der Waals surface area contributed by atoms with Crippen LogP contribution < -0.4 is 5.32 Å². The number of nitrogens with one attached hydrogen (secondary N) is 1. The lowest BCUT2D eigenvalue weighted by atomic mass is 10.0. The van der Waals surface area contributed by atoms with Crippen molar-refractivity contribution in [3.8, 4) is 0 Å². The maximum atomic E-state index is 12.7. The molecule has 1 aliphatic rings. The van der Waals surface area contributed by atoms with Crippen molar-refractivity contribution < 1.29 is 13.2 Å². The number of hydrogen-bond acceptors (Lipinski definition) is 3. The zero-order chi connectivity index (χ0) is 14.9. The summed E-state index contributed by atoms with van der Waals surface area (Å²) in [6, 6.07) is 5.30. The van der Waals surface area contributed by atoms with Gasteiger partial charge in [0.1, 0.15) is 6.04 Å². The highest BCUT2D eigenvalue weighted by molar-refractivity contribution is 7.89. The third kappa shape index (κ3) is 2.82. The Morgan fingerprint density at radius 3 is 2.45 bits per heavy atom. The van der Waals surface area contributed by atoms with E-state index in [2.05, 4.69) is 5.32 Å². The molecular formula is C13H17ClN2O3S. The minimum atomic E-state index is -3.69. The van der Waals surface area contributed by atoms with Crippen molar-refractivity contribution in [1.29, 1.82) is 0 Å². The van der Waals surface area contributed by atoms with Gasteiger partial charge in [0.2, 0.25) is 15.9 Å². The molecule has 1 unspecified atom stereocenters. The molecule has 1 atom stereocenters. The molecule has 1 aromatic rings. The number of halogens is 1. The molecule has 0 saturated carbocycles. The fourth-order valence-electron chi connectivity index (χ4n) is 2.31. The van der Waals surface area contributed by atoms with E-state index in [1.165, 1.54) is 28.6 Å². The summed E-state index contributed by atoms with van der Waals surface area (Å²) in [5.41, 5.74) is 0. The number of rotatable bonds is 3. The quantitative estimate of drug-likeness (QED) is 0.918. The lowest BCUT2D eigenvalue weighted by Crippen LogP contribution is -2.58. The van der Waals surface area contributed by atoms with Gasteiger partial charge in [0, 0.05) is 18.1 Å². The van der Waals surface area contributed by atoms with Crippen LogP contribution in [0.2, 0.25) is 5.02 Å². The molecule has 1 fully saturated rings. The molecule has 1 aliphatic heterocycles. The summed E-state index contributed by atoms with van der Waals surface area (Å²) in [7, 11) is -3.69. The highest BCUT2D eigenvalue weighted by Crippen LogP contribution is 2.24. The lowest BCUT2D eigenvalue weighted by molar-refractivity contribution is -0.128. The zero-order valence-electron chi connectivity index (χ0n) is 11.3. The van der Waals surface area contributed by atoms with E-state index in [4.69, 9.17) is 11.6 Å². The molecule has 1 amide bonds. The molecule has 20 heavy (non-hydrogen) atoms. The lowest BCUT2D eigenvalue weighted by Gasteiger charge is -2.36. The molecule has 1 saturated heterocycles. The van der Waals surface area contributed by atoms with Crippen LogP contribution >= 0.6 is 11.6 Å². The largest absolute Gasteiger partial charge is 0.353 e. The van der Waals surface area contributed by atoms with Gasteiger partial charge in [-0.25, -0.2) is 8.42 Å². The van der Waals surface area contributed by atoms with Crippen LogP contribution in [0.25, 0.3) is 0 Å². The molecule has 2 rings (SSSR count). The summed E-state index contributed by atoms with van der Waals surface area (Å²) in [5.74, 6) is -0.346. The Kier molecular flexibility index (Phi) is 4.36. The highest BCUT2D eigenvalue weighted by Gasteiger charge is 2.39. The van der Waals surface area contributed by atoms with Crippen LogP contribution in [0.1, 0.15) is 13.8 Å². The maximum Gasteiger partial charge on any atom is 0.243 e. The summed E-state index contributed by atoms with van der Waals surface area (Å²) in [6.07, 6.45) is 0. The first-order valence-electron chi connectivity index (χ1n) is 6.39. The second kappa shape index (κ2) is 5.71. The van der Waals surface area contributed by atoms with Gasteiger partial charge in [-0.1, -0.05) is 25.4 Å². The first-order valence-corrected chi connectivity index (χ1v) is 8.21. The van der Waals surface area contributed by atoms with Crippen LogP contribution in [0.3, 0.4) is 0 Å². The van der Waals surface area contributed by atoms with Gasteiger partial charge in [-0.2, -0.15) is 4.31 Å². The van der Waals surface area contributed by atoms with Crippen molar-refractivity contribution in [1.82, 2.24) is 9.62 Å².